The number of halogens is 1. The number of hydrogen-bond donors (Lipinski definition) is 1. The zero-order valence-corrected chi connectivity index (χ0v) is 19.9. The number of aryl methyl sites for hydroxylation is 1. The van der Waals surface area contributed by atoms with E-state index in [2.05, 4.69) is 21.8 Å². The lowest BCUT2D eigenvalue weighted by atomic mass is 10.1. The van der Waals surface area contributed by atoms with Crippen molar-refractivity contribution in [2.45, 2.75) is 18.4 Å². The average molecular weight is 484 g/mol. The molecule has 1 aliphatic heterocycles. The Morgan fingerprint density at radius 3 is 2.24 bits per heavy atom. The summed E-state index contributed by atoms with van der Waals surface area (Å²) in [5, 5.41) is 0.218. The fourth-order valence-corrected chi connectivity index (χ4v) is 5.12. The van der Waals surface area contributed by atoms with Crippen molar-refractivity contribution in [3.63, 3.8) is 0 Å². The van der Waals surface area contributed by atoms with Crippen molar-refractivity contribution in [3.05, 3.63) is 94.5 Å². The van der Waals surface area contributed by atoms with E-state index in [1.54, 1.807) is 41.3 Å². The maximum absolute atomic E-state index is 13.0. The first-order valence-electron chi connectivity index (χ1n) is 10.8. The molecule has 0 aliphatic carbocycles. The van der Waals surface area contributed by atoms with Crippen LogP contribution in [0, 0.1) is 6.92 Å². The third kappa shape index (κ3) is 5.74. The van der Waals surface area contributed by atoms with Gasteiger partial charge in [-0.25, -0.2) is 8.42 Å². The highest BCUT2D eigenvalue weighted by molar-refractivity contribution is 7.92. The Hall–Kier alpha value is -2.87. The van der Waals surface area contributed by atoms with Gasteiger partial charge in [0.15, 0.2) is 0 Å². The third-order valence-corrected chi connectivity index (χ3v) is 7.40. The number of sulfonamides is 1. The number of rotatable bonds is 6. The molecule has 4 rings (SSSR count). The Bertz CT molecular complexity index is 1220. The van der Waals surface area contributed by atoms with Crippen LogP contribution in [0.2, 0.25) is 5.02 Å². The predicted octanol–water partition coefficient (Wildman–Crippen LogP) is 4.41. The summed E-state index contributed by atoms with van der Waals surface area (Å²) in [5.41, 5.74) is 2.90. The Kier molecular flexibility index (Phi) is 7.02. The van der Waals surface area contributed by atoms with E-state index in [1.165, 1.54) is 11.6 Å². The number of carbonyl (C=O) groups is 1. The second kappa shape index (κ2) is 9.95. The van der Waals surface area contributed by atoms with E-state index in [0.29, 0.717) is 24.3 Å². The fourth-order valence-electron chi connectivity index (χ4n) is 3.80. The highest BCUT2D eigenvalue weighted by atomic mass is 35.5. The van der Waals surface area contributed by atoms with E-state index in [4.69, 9.17) is 11.6 Å². The van der Waals surface area contributed by atoms with Crippen LogP contribution in [0.5, 0.6) is 0 Å². The van der Waals surface area contributed by atoms with Crippen LogP contribution in [0.15, 0.2) is 77.7 Å². The molecule has 0 atom stereocenters. The second-order valence-electron chi connectivity index (χ2n) is 8.17. The van der Waals surface area contributed by atoms with Gasteiger partial charge in [0, 0.05) is 32.7 Å². The van der Waals surface area contributed by atoms with Gasteiger partial charge in [-0.15, -0.1) is 0 Å². The van der Waals surface area contributed by atoms with E-state index in [-0.39, 0.29) is 15.8 Å². The van der Waals surface area contributed by atoms with Crippen LogP contribution in [0.4, 0.5) is 5.69 Å². The van der Waals surface area contributed by atoms with Gasteiger partial charge in [-0.05, 0) is 42.8 Å². The molecule has 33 heavy (non-hydrogen) atoms. The number of hydrogen-bond acceptors (Lipinski definition) is 4. The van der Waals surface area contributed by atoms with Gasteiger partial charge in [-0.1, -0.05) is 59.6 Å². The van der Waals surface area contributed by atoms with Crippen molar-refractivity contribution in [1.82, 2.24) is 9.80 Å². The van der Waals surface area contributed by atoms with Crippen molar-refractivity contribution in [2.24, 2.45) is 0 Å². The predicted molar refractivity (Wildman–Crippen MR) is 131 cm³/mol. The van der Waals surface area contributed by atoms with Gasteiger partial charge in [0.2, 0.25) is 0 Å². The lowest BCUT2D eigenvalue weighted by Crippen LogP contribution is -2.48. The molecule has 172 valence electrons. The minimum atomic E-state index is -3.74. The molecule has 3 aromatic rings. The molecule has 0 saturated carbocycles. The standard InChI is InChI=1S/C25H26ClN3O3S/c1-19-7-10-22(11-8-19)33(31,32)27-21-9-12-23(24(26)17-21)25(30)29-15-13-28(14-16-29)18-20-5-3-2-4-6-20/h2-12,17,27H,13-16,18H2,1H3. The molecule has 0 bridgehead atoms. The normalized spacial score (nSPS) is 14.8. The van der Waals surface area contributed by atoms with E-state index >= 15 is 0 Å². The molecule has 1 amide bonds. The summed E-state index contributed by atoms with van der Waals surface area (Å²) in [5.74, 6) is -0.146. The van der Waals surface area contributed by atoms with E-state index in [9.17, 15) is 13.2 Å². The van der Waals surface area contributed by atoms with Gasteiger partial charge < -0.3 is 4.90 Å². The van der Waals surface area contributed by atoms with Gasteiger partial charge in [-0.2, -0.15) is 0 Å². The summed E-state index contributed by atoms with van der Waals surface area (Å²) in [6.45, 7) is 5.55. The molecule has 8 heteroatoms. The summed E-state index contributed by atoms with van der Waals surface area (Å²) in [6.07, 6.45) is 0. The summed E-state index contributed by atoms with van der Waals surface area (Å²) >= 11 is 6.38. The van der Waals surface area contributed by atoms with Crippen LogP contribution in [-0.2, 0) is 16.6 Å². The van der Waals surface area contributed by atoms with Gasteiger partial charge in [0.05, 0.1) is 21.2 Å². The third-order valence-electron chi connectivity index (χ3n) is 5.69. The monoisotopic (exact) mass is 483 g/mol. The highest BCUT2D eigenvalue weighted by Gasteiger charge is 2.24. The number of amides is 1. The molecule has 1 N–H and O–H groups in total. The van der Waals surface area contributed by atoms with Gasteiger partial charge in [-0.3, -0.25) is 14.4 Å². The summed E-state index contributed by atoms with van der Waals surface area (Å²) in [4.78, 5) is 17.3. The van der Waals surface area contributed by atoms with Crippen LogP contribution in [0.1, 0.15) is 21.5 Å². The minimum Gasteiger partial charge on any atom is -0.336 e. The number of piperazine rings is 1. The molecule has 0 unspecified atom stereocenters. The zero-order valence-electron chi connectivity index (χ0n) is 18.4. The molecule has 0 radical (unpaired) electrons. The highest BCUT2D eigenvalue weighted by Crippen LogP contribution is 2.25. The maximum atomic E-state index is 13.0. The van der Waals surface area contributed by atoms with Crippen molar-refractivity contribution in [2.75, 3.05) is 30.9 Å². The molecule has 1 aliphatic rings. The number of anilines is 1. The zero-order chi connectivity index (χ0) is 23.4. The van der Waals surface area contributed by atoms with Gasteiger partial charge in [0.1, 0.15) is 0 Å². The molecule has 3 aromatic carbocycles. The SMILES string of the molecule is Cc1ccc(S(=O)(=O)Nc2ccc(C(=O)N3CCN(Cc4ccccc4)CC3)c(Cl)c2)cc1. The van der Waals surface area contributed by atoms with Crippen LogP contribution in [-0.4, -0.2) is 50.3 Å². The van der Waals surface area contributed by atoms with E-state index in [1.807, 2.05) is 25.1 Å². The van der Waals surface area contributed by atoms with Crippen LogP contribution in [0.25, 0.3) is 0 Å². The Morgan fingerprint density at radius 2 is 1.61 bits per heavy atom. The second-order valence-corrected chi connectivity index (χ2v) is 10.3. The number of carbonyl (C=O) groups excluding carboxylic acids is 1. The first-order valence-corrected chi connectivity index (χ1v) is 12.6. The largest absolute Gasteiger partial charge is 0.336 e. The quantitative estimate of drug-likeness (QED) is 0.564. The van der Waals surface area contributed by atoms with E-state index in [0.717, 1.165) is 25.2 Å². The average Bonchev–Trinajstić information content (AvgIpc) is 2.80. The Morgan fingerprint density at radius 1 is 0.939 bits per heavy atom. The molecule has 6 nitrogen and oxygen atoms in total. The topological polar surface area (TPSA) is 69.7 Å². The first kappa shape index (κ1) is 23.3. The van der Waals surface area contributed by atoms with Gasteiger partial charge >= 0.3 is 0 Å². The molecule has 0 aromatic heterocycles. The minimum absolute atomic E-state index is 0.146. The molecule has 0 spiro atoms. The van der Waals surface area contributed by atoms with Crippen molar-refractivity contribution in [3.8, 4) is 0 Å². The van der Waals surface area contributed by atoms with Crippen molar-refractivity contribution < 1.29 is 13.2 Å². The van der Waals surface area contributed by atoms with Crippen LogP contribution in [0.3, 0.4) is 0 Å². The first-order chi connectivity index (χ1) is 15.8. The Balaban J connectivity index is 1.38. The van der Waals surface area contributed by atoms with Gasteiger partial charge in [0.25, 0.3) is 15.9 Å². The van der Waals surface area contributed by atoms with Crippen LogP contribution >= 0.6 is 11.6 Å². The number of nitrogens with zero attached hydrogens (tertiary/aromatic N) is 2. The fraction of sp³-hybridized carbons (Fsp3) is 0.240. The molecule has 1 heterocycles. The Labute approximate surface area is 199 Å². The van der Waals surface area contributed by atoms with Crippen molar-refractivity contribution in [1.29, 1.82) is 0 Å². The maximum Gasteiger partial charge on any atom is 0.261 e. The molecular weight excluding hydrogens is 458 g/mol. The van der Waals surface area contributed by atoms with E-state index < -0.39 is 10.0 Å². The lowest BCUT2D eigenvalue weighted by molar-refractivity contribution is 0.0628. The summed E-state index contributed by atoms with van der Waals surface area (Å²) < 4.78 is 27.8. The lowest BCUT2D eigenvalue weighted by Gasteiger charge is -2.35. The number of benzene rings is 3. The smallest absolute Gasteiger partial charge is 0.261 e. The molecule has 1 saturated heterocycles. The summed E-state index contributed by atoms with van der Waals surface area (Å²) in [6, 6.07) is 21.5. The van der Waals surface area contributed by atoms with Crippen LogP contribution < -0.4 is 4.72 Å². The molecular formula is C25H26ClN3O3S. The number of nitrogens with one attached hydrogen (secondary N) is 1. The summed E-state index contributed by atoms with van der Waals surface area (Å²) in [7, 11) is -3.74. The van der Waals surface area contributed by atoms with Crippen molar-refractivity contribution >= 4 is 33.2 Å². The molecule has 1 fully saturated rings.